The van der Waals surface area contributed by atoms with E-state index < -0.39 is 5.97 Å². The van der Waals surface area contributed by atoms with E-state index in [0.717, 1.165) is 16.1 Å². The highest BCUT2D eigenvalue weighted by atomic mass is 32.1. The maximum atomic E-state index is 13.0. The van der Waals surface area contributed by atoms with Crippen LogP contribution in [-0.4, -0.2) is 23.3 Å². The number of hydrogen-bond donors (Lipinski definition) is 0. The Balaban J connectivity index is 1.31. The molecule has 0 radical (unpaired) electrons. The number of ether oxygens (including phenoxy) is 1. The Labute approximate surface area is 197 Å². The fourth-order valence-corrected chi connectivity index (χ4v) is 5.25. The van der Waals surface area contributed by atoms with E-state index in [-0.39, 0.29) is 12.4 Å². The Morgan fingerprint density at radius 1 is 0.939 bits per heavy atom. The van der Waals surface area contributed by atoms with Gasteiger partial charge in [0.15, 0.2) is 12.4 Å². The van der Waals surface area contributed by atoms with Crippen molar-refractivity contribution >= 4 is 34.0 Å². The molecule has 0 bridgehead atoms. The summed E-state index contributed by atoms with van der Waals surface area (Å²) in [7, 11) is 0. The molecule has 1 fully saturated rings. The number of fused-ring (bicyclic) bond motifs is 1. The van der Waals surface area contributed by atoms with Crippen molar-refractivity contribution < 1.29 is 14.3 Å². The number of aromatic nitrogens is 1. The van der Waals surface area contributed by atoms with Crippen LogP contribution in [0.1, 0.15) is 64.3 Å². The molecule has 0 N–H and O–H groups in total. The zero-order valence-electron chi connectivity index (χ0n) is 18.3. The van der Waals surface area contributed by atoms with Gasteiger partial charge in [-0.05, 0) is 47.9 Å². The van der Waals surface area contributed by atoms with Crippen LogP contribution in [0.4, 0.5) is 0 Å². The predicted molar refractivity (Wildman–Crippen MR) is 132 cm³/mol. The summed E-state index contributed by atoms with van der Waals surface area (Å²) >= 11 is 1.56. The minimum absolute atomic E-state index is 0.199. The molecule has 5 rings (SSSR count). The molecule has 1 saturated carbocycles. The summed E-state index contributed by atoms with van der Waals surface area (Å²) in [6, 6.07) is 21.0. The van der Waals surface area contributed by atoms with Crippen molar-refractivity contribution in [3.63, 3.8) is 0 Å². The molecule has 4 aromatic rings. The minimum atomic E-state index is -0.515. The Morgan fingerprint density at radius 2 is 1.73 bits per heavy atom. The first kappa shape index (κ1) is 21.5. The molecule has 5 heteroatoms. The van der Waals surface area contributed by atoms with E-state index in [1.165, 1.54) is 37.7 Å². The van der Waals surface area contributed by atoms with Gasteiger partial charge in [-0.2, -0.15) is 0 Å². The van der Waals surface area contributed by atoms with Crippen LogP contribution in [0.3, 0.4) is 0 Å². The normalized spacial score (nSPS) is 14.3. The third-order valence-corrected chi connectivity index (χ3v) is 7.25. The quantitative estimate of drug-likeness (QED) is 0.231. The zero-order valence-corrected chi connectivity index (χ0v) is 19.1. The topological polar surface area (TPSA) is 56.3 Å². The van der Waals surface area contributed by atoms with Gasteiger partial charge in [-0.3, -0.25) is 4.79 Å². The van der Waals surface area contributed by atoms with E-state index in [1.54, 1.807) is 17.4 Å². The predicted octanol–water partition coefficient (Wildman–Crippen LogP) is 7.05. The lowest BCUT2D eigenvalue weighted by Gasteiger charge is -2.22. The molecule has 0 atom stereocenters. The van der Waals surface area contributed by atoms with Crippen LogP contribution < -0.4 is 0 Å². The average Bonchev–Trinajstić information content (AvgIpc) is 3.42. The molecule has 4 nitrogen and oxygen atoms in total. The number of carbonyl (C=O) groups excluding carboxylic acids is 2. The maximum absolute atomic E-state index is 13.0. The van der Waals surface area contributed by atoms with Gasteiger partial charge < -0.3 is 4.74 Å². The second kappa shape index (κ2) is 9.67. The van der Waals surface area contributed by atoms with Crippen LogP contribution in [0.15, 0.2) is 72.1 Å². The van der Waals surface area contributed by atoms with E-state index in [0.29, 0.717) is 22.4 Å². The number of carbonyl (C=O) groups is 2. The van der Waals surface area contributed by atoms with Crippen LogP contribution in [0, 0.1) is 0 Å². The van der Waals surface area contributed by atoms with Crippen LogP contribution >= 0.6 is 11.3 Å². The molecule has 2 aromatic heterocycles. The van der Waals surface area contributed by atoms with E-state index >= 15 is 0 Å². The number of rotatable bonds is 6. The number of benzene rings is 2. The molecule has 2 heterocycles. The first-order valence-corrected chi connectivity index (χ1v) is 12.3. The number of esters is 1. The molecule has 0 spiro atoms. The molecule has 166 valence electrons. The third kappa shape index (κ3) is 4.74. The zero-order chi connectivity index (χ0) is 22.6. The summed E-state index contributed by atoms with van der Waals surface area (Å²) in [5, 5.41) is 2.69. The van der Waals surface area contributed by atoms with Gasteiger partial charge in [0.05, 0.1) is 21.7 Å². The van der Waals surface area contributed by atoms with Crippen molar-refractivity contribution in [1.29, 1.82) is 0 Å². The monoisotopic (exact) mass is 455 g/mol. The number of para-hydroxylation sites is 1. The highest BCUT2D eigenvalue weighted by molar-refractivity contribution is 7.13. The standard InChI is InChI=1S/C28H25NO3S/c30-26(21-14-12-20(13-15-21)19-7-2-1-3-8-19)18-32-28(31)23-17-25(27-11-6-16-33-27)29-24-10-5-4-9-22(23)24/h4-6,9-17,19H,1-3,7-8,18H2. The molecule has 0 unspecified atom stereocenters. The Bertz CT molecular complexity index is 1270. The van der Waals surface area contributed by atoms with Gasteiger partial charge in [0.1, 0.15) is 0 Å². The lowest BCUT2D eigenvalue weighted by Crippen LogP contribution is -2.15. The van der Waals surface area contributed by atoms with Gasteiger partial charge in [-0.1, -0.05) is 67.8 Å². The second-order valence-corrected chi connectivity index (χ2v) is 9.45. The fraction of sp³-hybridized carbons (Fsp3) is 0.250. The molecule has 0 amide bonds. The lowest BCUT2D eigenvalue weighted by molar-refractivity contribution is 0.0476. The Hall–Kier alpha value is -3.31. The molecular formula is C28H25NO3S. The Morgan fingerprint density at radius 3 is 2.48 bits per heavy atom. The summed E-state index contributed by atoms with van der Waals surface area (Å²) < 4.78 is 5.46. The van der Waals surface area contributed by atoms with Gasteiger partial charge in [-0.25, -0.2) is 9.78 Å². The minimum Gasteiger partial charge on any atom is -0.454 e. The number of hydrogen-bond acceptors (Lipinski definition) is 5. The molecule has 33 heavy (non-hydrogen) atoms. The van der Waals surface area contributed by atoms with Crippen LogP contribution in [0.25, 0.3) is 21.5 Å². The molecule has 1 aliphatic carbocycles. The average molecular weight is 456 g/mol. The van der Waals surface area contributed by atoms with Crippen molar-refractivity contribution in [2.45, 2.75) is 38.0 Å². The highest BCUT2D eigenvalue weighted by Gasteiger charge is 2.19. The van der Waals surface area contributed by atoms with Gasteiger partial charge in [0, 0.05) is 10.9 Å². The number of thiophene rings is 1. The lowest BCUT2D eigenvalue weighted by atomic mass is 9.84. The smallest absolute Gasteiger partial charge is 0.339 e. The SMILES string of the molecule is O=C(COC(=O)c1cc(-c2cccs2)nc2ccccc12)c1ccc(C2CCCCC2)cc1. The van der Waals surface area contributed by atoms with E-state index in [9.17, 15) is 9.59 Å². The van der Waals surface area contributed by atoms with Crippen molar-refractivity contribution in [2.75, 3.05) is 6.61 Å². The molecule has 0 saturated heterocycles. The van der Waals surface area contributed by atoms with Crippen molar-refractivity contribution in [1.82, 2.24) is 4.98 Å². The number of Topliss-reactive ketones (excluding diaryl/α,β-unsaturated/α-hetero) is 1. The third-order valence-electron chi connectivity index (χ3n) is 6.35. The van der Waals surface area contributed by atoms with Crippen LogP contribution in [-0.2, 0) is 4.74 Å². The summed E-state index contributed by atoms with van der Waals surface area (Å²) in [4.78, 5) is 31.3. The van der Waals surface area contributed by atoms with E-state index in [2.05, 4.69) is 17.1 Å². The highest BCUT2D eigenvalue weighted by Crippen LogP contribution is 2.32. The summed E-state index contributed by atoms with van der Waals surface area (Å²) in [6.07, 6.45) is 6.31. The molecule has 0 aliphatic heterocycles. The van der Waals surface area contributed by atoms with Gasteiger partial charge in [-0.15, -0.1) is 11.3 Å². The number of nitrogens with zero attached hydrogens (tertiary/aromatic N) is 1. The summed E-state index contributed by atoms with van der Waals surface area (Å²) in [5.41, 5.74) is 3.73. The van der Waals surface area contributed by atoms with Crippen molar-refractivity contribution in [3.05, 3.63) is 88.8 Å². The van der Waals surface area contributed by atoms with Crippen LogP contribution in [0.2, 0.25) is 0 Å². The number of ketones is 1. The second-order valence-electron chi connectivity index (χ2n) is 8.51. The largest absolute Gasteiger partial charge is 0.454 e. The molecule has 2 aromatic carbocycles. The molecular weight excluding hydrogens is 430 g/mol. The Kier molecular flexibility index (Phi) is 6.31. The van der Waals surface area contributed by atoms with Crippen molar-refractivity contribution in [2.24, 2.45) is 0 Å². The number of pyridine rings is 1. The van der Waals surface area contributed by atoms with Crippen molar-refractivity contribution in [3.8, 4) is 10.6 Å². The van der Waals surface area contributed by atoms with Gasteiger partial charge >= 0.3 is 5.97 Å². The van der Waals surface area contributed by atoms with Crippen LogP contribution in [0.5, 0.6) is 0 Å². The molecule has 1 aliphatic rings. The summed E-state index contributed by atoms with van der Waals surface area (Å²) in [5.74, 6) is -0.118. The first-order valence-electron chi connectivity index (χ1n) is 11.4. The van der Waals surface area contributed by atoms with E-state index in [4.69, 9.17) is 4.74 Å². The van der Waals surface area contributed by atoms with E-state index in [1.807, 2.05) is 53.9 Å². The summed E-state index contributed by atoms with van der Waals surface area (Å²) in [6.45, 7) is -0.285. The van der Waals surface area contributed by atoms with Gasteiger partial charge in [0.2, 0.25) is 0 Å². The fourth-order valence-electron chi connectivity index (χ4n) is 4.56. The van der Waals surface area contributed by atoms with Gasteiger partial charge in [0.25, 0.3) is 0 Å². The maximum Gasteiger partial charge on any atom is 0.339 e. The first-order chi connectivity index (χ1) is 16.2.